The van der Waals surface area contributed by atoms with Crippen LogP contribution in [0, 0.1) is 0 Å². The lowest BCUT2D eigenvalue weighted by atomic mass is 9.91. The van der Waals surface area contributed by atoms with Gasteiger partial charge in [-0.3, -0.25) is 4.90 Å². The Hall–Kier alpha value is -1.40. The lowest BCUT2D eigenvalue weighted by Crippen LogP contribution is -2.55. The SMILES string of the molecule is CCC(CC)(COC(=O)/C=C/C(=O)OC)N1CCOCC1. The topological polar surface area (TPSA) is 65.1 Å². The molecule has 21 heavy (non-hydrogen) atoms. The highest BCUT2D eigenvalue weighted by Crippen LogP contribution is 2.25. The molecule has 0 aliphatic carbocycles. The summed E-state index contributed by atoms with van der Waals surface area (Å²) in [4.78, 5) is 24.9. The third kappa shape index (κ3) is 5.13. The standard InChI is InChI=1S/C15H25NO5/c1-4-15(5-2,16-8-10-20-11-9-16)12-21-14(18)7-6-13(17)19-3/h6-7H,4-5,8-12H2,1-3H3/b7-6+. The fraction of sp³-hybridized carbons (Fsp3) is 0.733. The van der Waals surface area contributed by atoms with Crippen LogP contribution >= 0.6 is 0 Å². The summed E-state index contributed by atoms with van der Waals surface area (Å²) in [7, 11) is 1.26. The summed E-state index contributed by atoms with van der Waals surface area (Å²) in [5.41, 5.74) is -0.168. The molecule has 0 aromatic rings. The number of morpholine rings is 1. The molecule has 0 saturated carbocycles. The predicted molar refractivity (Wildman–Crippen MR) is 77.8 cm³/mol. The van der Waals surface area contributed by atoms with Crippen LogP contribution in [-0.4, -0.2) is 62.4 Å². The molecule has 1 aliphatic heterocycles. The van der Waals surface area contributed by atoms with E-state index in [1.54, 1.807) is 0 Å². The molecular weight excluding hydrogens is 274 g/mol. The number of esters is 2. The first-order chi connectivity index (χ1) is 10.1. The van der Waals surface area contributed by atoms with Gasteiger partial charge in [-0.1, -0.05) is 13.8 Å². The molecule has 6 heteroatoms. The molecule has 1 fully saturated rings. The van der Waals surface area contributed by atoms with Gasteiger partial charge in [0, 0.05) is 25.2 Å². The van der Waals surface area contributed by atoms with E-state index in [2.05, 4.69) is 23.5 Å². The van der Waals surface area contributed by atoms with Crippen LogP contribution in [0.1, 0.15) is 26.7 Å². The number of methoxy groups -OCH3 is 1. The van der Waals surface area contributed by atoms with Gasteiger partial charge in [-0.05, 0) is 12.8 Å². The first kappa shape index (κ1) is 17.7. The Morgan fingerprint density at radius 1 is 1.14 bits per heavy atom. The second-order valence-corrected chi connectivity index (χ2v) is 5.00. The van der Waals surface area contributed by atoms with E-state index in [0.29, 0.717) is 19.8 Å². The molecule has 0 unspecified atom stereocenters. The summed E-state index contributed by atoms with van der Waals surface area (Å²) in [6.45, 7) is 7.60. The van der Waals surface area contributed by atoms with Gasteiger partial charge < -0.3 is 14.2 Å². The summed E-state index contributed by atoms with van der Waals surface area (Å²) < 4.78 is 15.1. The molecule has 0 bridgehead atoms. The zero-order valence-corrected chi connectivity index (χ0v) is 13.1. The molecule has 0 radical (unpaired) electrons. The molecule has 0 spiro atoms. The number of rotatable bonds is 7. The molecule has 1 rings (SSSR count). The minimum atomic E-state index is -0.572. The van der Waals surface area contributed by atoms with Crippen molar-refractivity contribution in [3.8, 4) is 0 Å². The monoisotopic (exact) mass is 299 g/mol. The fourth-order valence-corrected chi connectivity index (χ4v) is 2.49. The number of carbonyl (C=O) groups excluding carboxylic acids is 2. The molecule has 1 saturated heterocycles. The fourth-order valence-electron chi connectivity index (χ4n) is 2.49. The average Bonchev–Trinajstić information content (AvgIpc) is 2.55. The quantitative estimate of drug-likeness (QED) is 0.519. The van der Waals surface area contributed by atoms with Crippen molar-refractivity contribution in [3.63, 3.8) is 0 Å². The first-order valence-corrected chi connectivity index (χ1v) is 7.33. The Morgan fingerprint density at radius 2 is 1.71 bits per heavy atom. The van der Waals surface area contributed by atoms with Crippen molar-refractivity contribution < 1.29 is 23.8 Å². The summed E-state index contributed by atoms with van der Waals surface area (Å²) in [6, 6.07) is 0. The second kappa shape index (κ2) is 8.79. The molecule has 0 atom stereocenters. The van der Waals surface area contributed by atoms with Gasteiger partial charge in [-0.2, -0.15) is 0 Å². The van der Waals surface area contributed by atoms with Crippen LogP contribution in [0.5, 0.6) is 0 Å². The van der Waals surface area contributed by atoms with Crippen LogP contribution in [0.4, 0.5) is 0 Å². The minimum absolute atomic E-state index is 0.168. The van der Waals surface area contributed by atoms with Gasteiger partial charge in [0.1, 0.15) is 6.61 Å². The lowest BCUT2D eigenvalue weighted by molar-refractivity contribution is -0.145. The Kier molecular flexibility index (Phi) is 7.39. The molecule has 0 aromatic carbocycles. The first-order valence-electron chi connectivity index (χ1n) is 7.33. The van der Waals surface area contributed by atoms with Gasteiger partial charge in [0.25, 0.3) is 0 Å². The van der Waals surface area contributed by atoms with E-state index in [4.69, 9.17) is 9.47 Å². The van der Waals surface area contributed by atoms with E-state index in [-0.39, 0.29) is 5.54 Å². The molecule has 120 valence electrons. The average molecular weight is 299 g/mol. The second-order valence-electron chi connectivity index (χ2n) is 5.00. The van der Waals surface area contributed by atoms with E-state index in [1.165, 1.54) is 7.11 Å². The third-order valence-corrected chi connectivity index (χ3v) is 4.04. The minimum Gasteiger partial charge on any atom is -0.466 e. The molecular formula is C15H25NO5. The summed E-state index contributed by atoms with van der Waals surface area (Å²) in [6.07, 6.45) is 3.94. The number of nitrogens with zero attached hydrogens (tertiary/aromatic N) is 1. The lowest BCUT2D eigenvalue weighted by Gasteiger charge is -2.44. The maximum Gasteiger partial charge on any atom is 0.331 e. The van der Waals surface area contributed by atoms with Gasteiger partial charge in [-0.15, -0.1) is 0 Å². The maximum atomic E-state index is 11.7. The van der Waals surface area contributed by atoms with Crippen molar-refractivity contribution in [2.24, 2.45) is 0 Å². The van der Waals surface area contributed by atoms with Gasteiger partial charge in [-0.25, -0.2) is 9.59 Å². The van der Waals surface area contributed by atoms with Crippen molar-refractivity contribution in [1.29, 1.82) is 0 Å². The van der Waals surface area contributed by atoms with Crippen LogP contribution in [0.2, 0.25) is 0 Å². The van der Waals surface area contributed by atoms with E-state index < -0.39 is 11.9 Å². The van der Waals surface area contributed by atoms with Crippen molar-refractivity contribution in [2.75, 3.05) is 40.0 Å². The van der Waals surface area contributed by atoms with Crippen molar-refractivity contribution in [3.05, 3.63) is 12.2 Å². The number of hydrogen-bond donors (Lipinski definition) is 0. The third-order valence-electron chi connectivity index (χ3n) is 4.04. The Balaban J connectivity index is 2.59. The highest BCUT2D eigenvalue weighted by atomic mass is 16.5. The van der Waals surface area contributed by atoms with Crippen molar-refractivity contribution in [2.45, 2.75) is 32.2 Å². The van der Waals surface area contributed by atoms with Gasteiger partial charge in [0.2, 0.25) is 0 Å². The van der Waals surface area contributed by atoms with Crippen LogP contribution in [0.3, 0.4) is 0 Å². The number of hydrogen-bond acceptors (Lipinski definition) is 6. The molecule has 1 heterocycles. The highest BCUT2D eigenvalue weighted by Gasteiger charge is 2.35. The van der Waals surface area contributed by atoms with E-state index in [0.717, 1.165) is 38.1 Å². The van der Waals surface area contributed by atoms with Crippen molar-refractivity contribution >= 4 is 11.9 Å². The summed E-state index contributed by atoms with van der Waals surface area (Å²) in [5.74, 6) is -1.10. The largest absolute Gasteiger partial charge is 0.466 e. The molecule has 1 aliphatic rings. The Morgan fingerprint density at radius 3 is 2.24 bits per heavy atom. The summed E-state index contributed by atoms with van der Waals surface area (Å²) >= 11 is 0. The summed E-state index contributed by atoms with van der Waals surface area (Å²) in [5, 5.41) is 0. The molecule has 6 nitrogen and oxygen atoms in total. The number of ether oxygens (including phenoxy) is 3. The Labute approximate surface area is 126 Å². The molecule has 0 N–H and O–H groups in total. The highest BCUT2D eigenvalue weighted by molar-refractivity contribution is 5.91. The normalized spacial score (nSPS) is 16.9. The van der Waals surface area contributed by atoms with E-state index in [9.17, 15) is 9.59 Å². The zero-order valence-electron chi connectivity index (χ0n) is 13.1. The van der Waals surface area contributed by atoms with Crippen LogP contribution in [-0.2, 0) is 23.8 Å². The van der Waals surface area contributed by atoms with Crippen LogP contribution in [0.25, 0.3) is 0 Å². The molecule has 0 amide bonds. The molecule has 0 aromatic heterocycles. The van der Waals surface area contributed by atoms with Gasteiger partial charge in [0.05, 0.1) is 25.9 Å². The zero-order chi connectivity index (χ0) is 15.7. The van der Waals surface area contributed by atoms with Gasteiger partial charge in [0.15, 0.2) is 0 Å². The smallest absolute Gasteiger partial charge is 0.331 e. The predicted octanol–water partition coefficient (Wildman–Crippen LogP) is 1.15. The van der Waals surface area contributed by atoms with Crippen LogP contribution < -0.4 is 0 Å². The van der Waals surface area contributed by atoms with Crippen LogP contribution in [0.15, 0.2) is 12.2 Å². The maximum absolute atomic E-state index is 11.7. The van der Waals surface area contributed by atoms with E-state index >= 15 is 0 Å². The number of carbonyl (C=O) groups is 2. The van der Waals surface area contributed by atoms with Gasteiger partial charge >= 0.3 is 11.9 Å². The Bertz CT molecular complexity index is 370. The van der Waals surface area contributed by atoms with Crippen molar-refractivity contribution in [1.82, 2.24) is 4.90 Å². The van der Waals surface area contributed by atoms with E-state index in [1.807, 2.05) is 0 Å².